The Bertz CT molecular complexity index is 1950. The molecule has 0 aromatic carbocycles. The molecule has 2 aliphatic heterocycles. The normalized spacial score (nSPS) is 29.4. The first-order valence-electron chi connectivity index (χ1n) is 13.8. The van der Waals surface area contributed by atoms with Crippen LogP contribution in [0.5, 0.6) is 0 Å². The maximum Gasteiger partial charge on any atom is 0.481 e. The van der Waals surface area contributed by atoms with Gasteiger partial charge in [0.1, 0.15) is 47.9 Å². The van der Waals surface area contributed by atoms with Crippen molar-refractivity contribution in [3.05, 3.63) is 42.2 Å². The Hall–Kier alpha value is -3.30. The number of phosphoric acid groups is 3. The lowest BCUT2D eigenvalue weighted by molar-refractivity contribution is -0.767. The molecular weight excluding hydrogens is 739 g/mol. The number of anilines is 1. The Kier molecular flexibility index (Phi) is 10.9. The minimum Gasteiger partial charge on any atom is -0.387 e. The van der Waals surface area contributed by atoms with Gasteiger partial charge in [-0.15, -0.1) is 6.42 Å². The number of aromatic nitrogens is 5. The third kappa shape index (κ3) is 8.09. The summed E-state index contributed by atoms with van der Waals surface area (Å²) >= 11 is 0. The van der Waals surface area contributed by atoms with Crippen molar-refractivity contribution in [2.75, 3.05) is 18.9 Å². The van der Waals surface area contributed by atoms with Gasteiger partial charge < -0.3 is 55.8 Å². The van der Waals surface area contributed by atoms with E-state index in [1.54, 1.807) is 0 Å². The number of aliphatic hydroxyl groups excluding tert-OH is 3. The number of fused-ring (bicyclic) bond motifs is 1. The Morgan fingerprint density at radius 1 is 1.00 bits per heavy atom. The van der Waals surface area contributed by atoms with E-state index in [-0.39, 0.29) is 28.2 Å². The summed E-state index contributed by atoms with van der Waals surface area (Å²) < 4.78 is 68.5. The maximum atomic E-state index is 12.6. The van der Waals surface area contributed by atoms with Gasteiger partial charge in [0.15, 0.2) is 30.0 Å². The minimum absolute atomic E-state index is 0.00503. The fourth-order valence-corrected chi connectivity index (χ4v) is 7.74. The molecule has 2 fully saturated rings. The third-order valence-electron chi connectivity index (χ3n) is 7.28. The zero-order valence-corrected chi connectivity index (χ0v) is 27.6. The Morgan fingerprint density at radius 2 is 1.64 bits per heavy atom. The number of carbonyl (C=O) groups is 1. The van der Waals surface area contributed by atoms with Crippen LogP contribution < -0.4 is 16.0 Å². The number of nitrogens with two attached hydrogens (primary N) is 2. The van der Waals surface area contributed by atoms with E-state index in [2.05, 4.69) is 29.7 Å². The minimum atomic E-state index is -5.56. The average Bonchev–Trinajstić information content (AvgIpc) is 3.67. The summed E-state index contributed by atoms with van der Waals surface area (Å²) in [6, 6.07) is 2.66. The van der Waals surface area contributed by atoms with Gasteiger partial charge in [0, 0.05) is 12.0 Å². The first-order valence-corrected chi connectivity index (χ1v) is 18.3. The third-order valence-corrected chi connectivity index (χ3v) is 10.4. The number of terminal acetylenes is 1. The highest BCUT2D eigenvalue weighted by Gasteiger charge is 2.52. The van der Waals surface area contributed by atoms with Gasteiger partial charge in [0.25, 0.3) is 17.8 Å². The summed E-state index contributed by atoms with van der Waals surface area (Å²) in [6.45, 7) is -2.10. The largest absolute Gasteiger partial charge is 0.481 e. The van der Waals surface area contributed by atoms with Gasteiger partial charge >= 0.3 is 23.5 Å². The second kappa shape index (κ2) is 14.4. The van der Waals surface area contributed by atoms with Crippen LogP contribution in [0.1, 0.15) is 28.5 Å². The predicted molar refractivity (Wildman–Crippen MR) is 158 cm³/mol. The van der Waals surface area contributed by atoms with Crippen LogP contribution in [0.2, 0.25) is 0 Å². The number of phosphoric ester groups is 3. The molecule has 2 saturated heterocycles. The van der Waals surface area contributed by atoms with E-state index < -0.39 is 91.7 Å². The number of aliphatic hydroxyl groups is 3. The number of hydrogen-bond acceptors (Lipinski definition) is 17. The lowest BCUT2D eigenvalue weighted by Crippen LogP contribution is -2.49. The SMILES string of the molecule is C#Cc1c(C(N)=O)ccc[n+]1[C@@H]1O[C@H](COP(=O)(O)OP(=O)(O)OC[C@H]2O[C@@H](n3cnc4c(N)ncnc43)[C@H](OP(=O)(O)O)[C@@H]2O)[C@@H](O)[C@H]1O. The number of rotatable bonds is 13. The highest BCUT2D eigenvalue weighted by molar-refractivity contribution is 7.61. The quantitative estimate of drug-likeness (QED) is 0.0478. The Balaban J connectivity index is 1.23. The molecule has 0 bridgehead atoms. The standard InChI is InChI=1S/C23H28N7O17P3/c1-2-11-10(20(25)34)4-3-5-29(11)22-17(33)15(31)12(44-22)6-42-49(38,39)47-50(40,41)43-7-13-16(32)18(46-48(35,36)37)23(45-13)30-9-28-14-19(24)26-8-27-21(14)30/h1,3-5,8-9,12-13,15-18,22-23,31-33H,6-7H2,(H7-,24,25,26,27,34,35,36,37,38,39,40,41)/p+1/t12-,13-,15-,16-,17-,18-,22-,23-/m1/s1. The van der Waals surface area contributed by atoms with Crippen LogP contribution in [-0.2, 0) is 41.1 Å². The van der Waals surface area contributed by atoms with Crippen molar-refractivity contribution >= 4 is 46.4 Å². The Morgan fingerprint density at radius 3 is 2.24 bits per heavy atom. The zero-order valence-electron chi connectivity index (χ0n) is 24.9. The molecule has 24 nitrogen and oxygen atoms in total. The number of nitrogens with zero attached hydrogens (tertiary/aromatic N) is 5. The van der Waals surface area contributed by atoms with Gasteiger partial charge in [-0.05, 0) is 6.07 Å². The molecule has 2 unspecified atom stereocenters. The summed E-state index contributed by atoms with van der Waals surface area (Å²) in [5.41, 5.74) is 10.9. The van der Waals surface area contributed by atoms with E-state index in [1.165, 1.54) is 18.3 Å². The number of ether oxygens (including phenoxy) is 2. The van der Waals surface area contributed by atoms with E-state index in [0.717, 1.165) is 21.8 Å². The van der Waals surface area contributed by atoms with Crippen LogP contribution in [0.4, 0.5) is 5.82 Å². The van der Waals surface area contributed by atoms with Crippen molar-refractivity contribution in [3.63, 3.8) is 0 Å². The van der Waals surface area contributed by atoms with Crippen molar-refractivity contribution in [1.29, 1.82) is 0 Å². The number of hydrogen-bond donors (Lipinski definition) is 9. The van der Waals surface area contributed by atoms with E-state index in [0.29, 0.717) is 0 Å². The van der Waals surface area contributed by atoms with Gasteiger partial charge in [-0.25, -0.2) is 28.6 Å². The van der Waals surface area contributed by atoms with Gasteiger partial charge in [0.2, 0.25) is 0 Å². The molecule has 3 aromatic rings. The molecule has 3 aromatic heterocycles. The summed E-state index contributed by atoms with van der Waals surface area (Å²) in [5, 5.41) is 31.8. The van der Waals surface area contributed by atoms with Crippen molar-refractivity contribution in [3.8, 4) is 12.3 Å². The average molecular weight is 768 g/mol. The second-order valence-electron chi connectivity index (χ2n) is 10.5. The fraction of sp³-hybridized carbons (Fsp3) is 0.435. The lowest BCUT2D eigenvalue weighted by atomic mass is 10.1. The molecule has 1 amide bonds. The zero-order chi connectivity index (χ0) is 36.8. The van der Waals surface area contributed by atoms with Crippen molar-refractivity contribution in [1.82, 2.24) is 19.5 Å². The smallest absolute Gasteiger partial charge is 0.387 e. The molecule has 272 valence electrons. The Labute approximate surface area is 279 Å². The van der Waals surface area contributed by atoms with Crippen LogP contribution in [0.3, 0.4) is 0 Å². The van der Waals surface area contributed by atoms with Crippen LogP contribution in [-0.4, -0.2) is 110 Å². The van der Waals surface area contributed by atoms with Crippen molar-refractivity contribution in [2.45, 2.75) is 49.1 Å². The highest BCUT2D eigenvalue weighted by Crippen LogP contribution is 2.61. The van der Waals surface area contributed by atoms with E-state index in [4.69, 9.17) is 36.4 Å². The molecule has 27 heteroatoms. The van der Waals surface area contributed by atoms with Gasteiger partial charge in [-0.1, -0.05) is 0 Å². The number of imidazole rings is 1. The fourth-order valence-electron chi connectivity index (χ4n) is 5.11. The number of carbonyl (C=O) groups excluding carboxylic acids is 1. The predicted octanol–water partition coefficient (Wildman–Crippen LogP) is -2.92. The highest BCUT2D eigenvalue weighted by atomic mass is 31.3. The molecule has 10 atom stereocenters. The summed E-state index contributed by atoms with van der Waals surface area (Å²) in [4.78, 5) is 62.6. The number of primary amides is 1. The molecule has 11 N–H and O–H groups in total. The number of pyridine rings is 1. The van der Waals surface area contributed by atoms with Crippen LogP contribution in [0.25, 0.3) is 11.2 Å². The van der Waals surface area contributed by atoms with Crippen LogP contribution in [0, 0.1) is 12.3 Å². The molecule has 0 aliphatic carbocycles. The molecule has 50 heavy (non-hydrogen) atoms. The van der Waals surface area contributed by atoms with Crippen molar-refractivity contribution in [2.24, 2.45) is 5.73 Å². The molecular formula is C23H29N7O17P3+. The first-order chi connectivity index (χ1) is 23.3. The summed E-state index contributed by atoms with van der Waals surface area (Å²) in [5.74, 6) is 1.26. The van der Waals surface area contributed by atoms with Gasteiger partial charge in [-0.3, -0.25) is 22.9 Å². The number of amides is 1. The van der Waals surface area contributed by atoms with Crippen LogP contribution in [0.15, 0.2) is 31.0 Å². The monoisotopic (exact) mass is 768 g/mol. The molecule has 5 rings (SSSR count). The van der Waals surface area contributed by atoms with E-state index >= 15 is 0 Å². The topological polar surface area (TPSA) is 365 Å². The van der Waals surface area contributed by atoms with Crippen LogP contribution >= 0.6 is 23.5 Å². The first kappa shape index (κ1) is 37.9. The molecule has 2 aliphatic rings. The second-order valence-corrected chi connectivity index (χ2v) is 14.8. The maximum absolute atomic E-state index is 12.6. The van der Waals surface area contributed by atoms with Gasteiger partial charge in [-0.2, -0.15) is 8.88 Å². The molecule has 5 heterocycles. The van der Waals surface area contributed by atoms with Crippen molar-refractivity contribution < 1.29 is 85.3 Å². The molecule has 0 radical (unpaired) electrons. The summed E-state index contributed by atoms with van der Waals surface area (Å²) in [7, 11) is -16.4. The van der Waals surface area contributed by atoms with E-state index in [1.807, 2.05) is 0 Å². The lowest BCUT2D eigenvalue weighted by Gasteiger charge is -2.22. The molecule has 0 spiro atoms. The molecule has 0 saturated carbocycles. The van der Waals surface area contributed by atoms with E-state index in [9.17, 15) is 53.4 Å². The number of nitrogen functional groups attached to an aromatic ring is 1. The summed E-state index contributed by atoms with van der Waals surface area (Å²) in [6.07, 6.45) is -4.66. The van der Waals surface area contributed by atoms with Gasteiger partial charge in [0.05, 0.1) is 19.5 Å².